The summed E-state index contributed by atoms with van der Waals surface area (Å²) in [5, 5.41) is 24.5. The van der Waals surface area contributed by atoms with Crippen LogP contribution < -0.4 is 19.6 Å². The number of rotatable bonds is 5. The number of para-hydroxylation sites is 2. The summed E-state index contributed by atoms with van der Waals surface area (Å²) in [5.41, 5.74) is 2.00. The second-order valence-corrected chi connectivity index (χ2v) is 5.45. The molecule has 2 aromatic rings. The Morgan fingerprint density at radius 1 is 1.41 bits per heavy atom. The van der Waals surface area contributed by atoms with E-state index in [4.69, 9.17) is 14.2 Å². The first-order chi connectivity index (χ1) is 13.0. The normalized spacial score (nSPS) is 15.4. The topological polar surface area (TPSA) is 133 Å². The van der Waals surface area contributed by atoms with Gasteiger partial charge in [0, 0.05) is 11.6 Å². The van der Waals surface area contributed by atoms with Crippen molar-refractivity contribution in [2.75, 3.05) is 13.7 Å². The molecule has 2 N–H and O–H groups in total. The van der Waals surface area contributed by atoms with Gasteiger partial charge in [-0.15, -0.1) is 0 Å². The van der Waals surface area contributed by atoms with Crippen LogP contribution in [0.5, 0.6) is 23.0 Å². The summed E-state index contributed by atoms with van der Waals surface area (Å²) in [7, 11) is 1.26. The van der Waals surface area contributed by atoms with Gasteiger partial charge in [0.15, 0.2) is 17.2 Å². The van der Waals surface area contributed by atoms with E-state index >= 15 is 0 Å². The molecule has 2 aromatic carbocycles. The number of nitro groups is 1. The van der Waals surface area contributed by atoms with E-state index in [1.165, 1.54) is 19.4 Å². The number of nitrogens with one attached hydrogen (secondary N) is 1. The number of hydrogen-bond acceptors (Lipinski definition) is 8. The van der Waals surface area contributed by atoms with Crippen LogP contribution in [0.25, 0.3) is 0 Å². The lowest BCUT2D eigenvalue weighted by molar-refractivity contribution is -0.386. The number of methoxy groups -OCH3 is 1. The van der Waals surface area contributed by atoms with Crippen molar-refractivity contribution in [3.05, 3.63) is 52.1 Å². The SMILES string of the molecule is COc1cc(/C=N\NC(=O)[C@@H]2COc3ccccc3O2)cc([N+](=O)[O-])c1O. The number of phenolic OH excluding ortho intramolecular Hbond substituents is 1. The predicted octanol–water partition coefficient (Wildman–Crippen LogP) is 1.60. The Balaban J connectivity index is 1.68. The van der Waals surface area contributed by atoms with Gasteiger partial charge in [-0.2, -0.15) is 5.10 Å². The first-order valence-corrected chi connectivity index (χ1v) is 7.76. The molecule has 10 nitrogen and oxygen atoms in total. The average molecular weight is 373 g/mol. The van der Waals surface area contributed by atoms with E-state index in [1.807, 2.05) is 0 Å². The molecule has 0 saturated heterocycles. The molecule has 0 saturated carbocycles. The van der Waals surface area contributed by atoms with E-state index in [0.717, 1.165) is 6.07 Å². The van der Waals surface area contributed by atoms with E-state index in [0.29, 0.717) is 11.5 Å². The number of amides is 1. The number of aromatic hydroxyl groups is 1. The van der Waals surface area contributed by atoms with E-state index in [2.05, 4.69) is 10.5 Å². The van der Waals surface area contributed by atoms with Crippen molar-refractivity contribution in [2.24, 2.45) is 5.10 Å². The molecule has 0 aromatic heterocycles. The number of phenols is 1. The second-order valence-electron chi connectivity index (χ2n) is 5.45. The Kier molecular flexibility index (Phi) is 5.06. The molecule has 0 radical (unpaired) electrons. The summed E-state index contributed by atoms with van der Waals surface area (Å²) in [4.78, 5) is 22.4. The summed E-state index contributed by atoms with van der Waals surface area (Å²) in [6.45, 7) is 0.0247. The van der Waals surface area contributed by atoms with Crippen molar-refractivity contribution < 1.29 is 29.0 Å². The highest BCUT2D eigenvalue weighted by atomic mass is 16.6. The zero-order valence-electron chi connectivity index (χ0n) is 14.1. The molecule has 1 atom stereocenters. The fraction of sp³-hybridized carbons (Fsp3) is 0.176. The Bertz CT molecular complexity index is 913. The van der Waals surface area contributed by atoms with Crippen molar-refractivity contribution in [1.82, 2.24) is 5.43 Å². The lowest BCUT2D eigenvalue weighted by atomic mass is 10.2. The number of nitro benzene ring substituents is 1. The van der Waals surface area contributed by atoms with Gasteiger partial charge in [0.25, 0.3) is 5.91 Å². The summed E-state index contributed by atoms with van der Waals surface area (Å²) in [6, 6.07) is 9.40. The van der Waals surface area contributed by atoms with Gasteiger partial charge in [-0.25, -0.2) is 5.43 Å². The van der Waals surface area contributed by atoms with Gasteiger partial charge in [-0.3, -0.25) is 14.9 Å². The van der Waals surface area contributed by atoms with Crippen LogP contribution >= 0.6 is 0 Å². The van der Waals surface area contributed by atoms with Gasteiger partial charge in [-0.1, -0.05) is 12.1 Å². The molecule has 0 unspecified atom stereocenters. The van der Waals surface area contributed by atoms with Gasteiger partial charge in [0.1, 0.15) is 6.61 Å². The Morgan fingerprint density at radius 2 is 2.15 bits per heavy atom. The number of carbonyl (C=O) groups is 1. The molecule has 140 valence electrons. The van der Waals surface area contributed by atoms with Crippen molar-refractivity contribution >= 4 is 17.8 Å². The number of ether oxygens (including phenoxy) is 3. The molecule has 0 fully saturated rings. The molecule has 0 aliphatic carbocycles. The molecule has 0 spiro atoms. The first-order valence-electron chi connectivity index (χ1n) is 7.76. The summed E-state index contributed by atoms with van der Waals surface area (Å²) in [5.74, 6) is -0.214. The largest absolute Gasteiger partial charge is 0.500 e. The lowest BCUT2D eigenvalue weighted by Crippen LogP contribution is -2.42. The van der Waals surface area contributed by atoms with Crippen LogP contribution in [0, 0.1) is 10.1 Å². The number of fused-ring (bicyclic) bond motifs is 1. The van der Waals surface area contributed by atoms with Gasteiger partial charge in [-0.05, 0) is 18.2 Å². The van der Waals surface area contributed by atoms with E-state index in [9.17, 15) is 20.0 Å². The quantitative estimate of drug-likeness (QED) is 0.462. The molecule has 1 amide bonds. The molecule has 0 bridgehead atoms. The van der Waals surface area contributed by atoms with E-state index in [1.54, 1.807) is 24.3 Å². The molecular weight excluding hydrogens is 358 g/mol. The fourth-order valence-corrected chi connectivity index (χ4v) is 2.37. The molecule has 27 heavy (non-hydrogen) atoms. The van der Waals surface area contributed by atoms with Crippen LogP contribution in [-0.4, -0.2) is 42.0 Å². The zero-order valence-corrected chi connectivity index (χ0v) is 14.1. The van der Waals surface area contributed by atoms with Crippen molar-refractivity contribution in [3.63, 3.8) is 0 Å². The smallest absolute Gasteiger partial charge is 0.315 e. The summed E-state index contributed by atoms with van der Waals surface area (Å²) < 4.78 is 15.9. The third-order valence-corrected chi connectivity index (χ3v) is 3.68. The van der Waals surface area contributed by atoms with Gasteiger partial charge in [0.05, 0.1) is 18.2 Å². The zero-order chi connectivity index (χ0) is 19.4. The number of nitrogens with zero attached hydrogens (tertiary/aromatic N) is 2. The van der Waals surface area contributed by atoms with Crippen LogP contribution in [0.15, 0.2) is 41.5 Å². The van der Waals surface area contributed by atoms with Crippen molar-refractivity contribution in [3.8, 4) is 23.0 Å². The van der Waals surface area contributed by atoms with Crippen molar-refractivity contribution in [1.29, 1.82) is 0 Å². The molecule has 1 heterocycles. The van der Waals surface area contributed by atoms with Crippen LogP contribution in [-0.2, 0) is 4.79 Å². The third-order valence-electron chi connectivity index (χ3n) is 3.68. The van der Waals surface area contributed by atoms with E-state index < -0.39 is 28.4 Å². The molecule has 3 rings (SSSR count). The fourth-order valence-electron chi connectivity index (χ4n) is 2.37. The maximum atomic E-state index is 12.1. The monoisotopic (exact) mass is 373 g/mol. The maximum Gasteiger partial charge on any atom is 0.315 e. The molecular formula is C17H15N3O7. The number of benzene rings is 2. The van der Waals surface area contributed by atoms with Gasteiger partial charge >= 0.3 is 5.69 Å². The molecule has 10 heteroatoms. The highest BCUT2D eigenvalue weighted by Gasteiger charge is 2.27. The van der Waals surface area contributed by atoms with Gasteiger partial charge in [0.2, 0.25) is 11.9 Å². The third kappa shape index (κ3) is 3.89. The number of hydrogen-bond donors (Lipinski definition) is 2. The Hall–Kier alpha value is -3.82. The summed E-state index contributed by atoms with van der Waals surface area (Å²) >= 11 is 0. The average Bonchev–Trinajstić information content (AvgIpc) is 2.68. The van der Waals surface area contributed by atoms with Crippen LogP contribution in [0.3, 0.4) is 0 Å². The van der Waals surface area contributed by atoms with Gasteiger partial charge < -0.3 is 19.3 Å². The highest BCUT2D eigenvalue weighted by molar-refractivity contribution is 5.86. The van der Waals surface area contributed by atoms with E-state index in [-0.39, 0.29) is 17.9 Å². The minimum Gasteiger partial charge on any atom is -0.500 e. The van der Waals surface area contributed by atoms with Crippen LogP contribution in [0.1, 0.15) is 5.56 Å². The Labute approximate surface area is 153 Å². The minimum absolute atomic E-state index is 0.0247. The maximum absolute atomic E-state index is 12.1. The van der Waals surface area contributed by atoms with Crippen LogP contribution in [0.4, 0.5) is 5.69 Å². The second kappa shape index (κ2) is 7.60. The molecule has 1 aliphatic rings. The summed E-state index contributed by atoms with van der Waals surface area (Å²) in [6.07, 6.45) is 0.297. The number of hydrazone groups is 1. The standard InChI is InChI=1S/C17H15N3O7/c1-25-14-7-10(6-11(16(14)21)20(23)24)8-18-19-17(22)15-9-26-12-4-2-3-5-13(12)27-15/h2-8,15,21H,9H2,1H3,(H,19,22)/b18-8-/t15-/m0/s1. The predicted molar refractivity (Wildman–Crippen MR) is 93.4 cm³/mol. The molecule has 1 aliphatic heterocycles. The highest BCUT2D eigenvalue weighted by Crippen LogP contribution is 2.36. The lowest BCUT2D eigenvalue weighted by Gasteiger charge is -2.24. The van der Waals surface area contributed by atoms with Crippen molar-refractivity contribution in [2.45, 2.75) is 6.10 Å². The first kappa shape index (κ1) is 18.0. The van der Waals surface area contributed by atoms with Crippen LogP contribution in [0.2, 0.25) is 0 Å². The Morgan fingerprint density at radius 3 is 2.85 bits per heavy atom. The number of carbonyl (C=O) groups excluding carboxylic acids is 1. The minimum atomic E-state index is -0.888.